The van der Waals surface area contributed by atoms with E-state index in [9.17, 15) is 19.6 Å². The minimum atomic E-state index is -0.517. The molecule has 2 saturated carbocycles. The molecular formula is C27H33N3O4. The lowest BCUT2D eigenvalue weighted by Crippen LogP contribution is -2.43. The second-order valence-corrected chi connectivity index (χ2v) is 9.51. The smallest absolute Gasteiger partial charge is 0.252 e. The van der Waals surface area contributed by atoms with Crippen molar-refractivity contribution in [2.24, 2.45) is 11.8 Å². The summed E-state index contributed by atoms with van der Waals surface area (Å²) >= 11 is 0. The largest absolute Gasteiger partial charge is 0.338 e. The summed E-state index contributed by atoms with van der Waals surface area (Å²) in [5.74, 6) is 0.0556. The predicted octanol–water partition coefficient (Wildman–Crippen LogP) is 4.08. The van der Waals surface area contributed by atoms with Gasteiger partial charge in [-0.25, -0.2) is 5.06 Å². The zero-order valence-corrected chi connectivity index (χ0v) is 19.4. The summed E-state index contributed by atoms with van der Waals surface area (Å²) in [5.41, 5.74) is 3.92. The van der Waals surface area contributed by atoms with E-state index < -0.39 is 5.92 Å². The van der Waals surface area contributed by atoms with Gasteiger partial charge in [-0.05, 0) is 59.9 Å². The Hall–Kier alpha value is -3.19. The molecule has 0 saturated heterocycles. The summed E-state index contributed by atoms with van der Waals surface area (Å²) in [5, 5.41) is 15.6. The average Bonchev–Trinajstić information content (AvgIpc) is 3.59. The van der Waals surface area contributed by atoms with Crippen molar-refractivity contribution in [1.82, 2.24) is 15.7 Å². The van der Waals surface area contributed by atoms with Crippen LogP contribution >= 0.6 is 0 Å². The quantitative estimate of drug-likeness (QED) is 0.202. The minimum absolute atomic E-state index is 0.0222. The molecule has 0 aromatic heterocycles. The van der Waals surface area contributed by atoms with E-state index in [2.05, 4.69) is 34.9 Å². The summed E-state index contributed by atoms with van der Waals surface area (Å²) < 4.78 is 0. The Balaban J connectivity index is 1.31. The second kappa shape index (κ2) is 11.3. The van der Waals surface area contributed by atoms with E-state index in [4.69, 9.17) is 0 Å². The normalized spacial score (nSPS) is 16.6. The van der Waals surface area contributed by atoms with Gasteiger partial charge in [-0.2, -0.15) is 0 Å². The zero-order valence-electron chi connectivity index (χ0n) is 19.4. The van der Waals surface area contributed by atoms with Gasteiger partial charge in [-0.3, -0.25) is 19.6 Å². The van der Waals surface area contributed by atoms with Crippen LogP contribution in [0.5, 0.6) is 0 Å². The first-order chi connectivity index (χ1) is 16.5. The van der Waals surface area contributed by atoms with E-state index in [0.717, 1.165) is 36.8 Å². The van der Waals surface area contributed by atoms with Crippen LogP contribution in [-0.4, -0.2) is 41.7 Å². The predicted molar refractivity (Wildman–Crippen MR) is 129 cm³/mol. The van der Waals surface area contributed by atoms with Crippen LogP contribution in [0, 0.1) is 11.8 Å². The van der Waals surface area contributed by atoms with Crippen molar-refractivity contribution in [3.8, 4) is 11.1 Å². The molecule has 0 bridgehead atoms. The third kappa shape index (κ3) is 6.44. The van der Waals surface area contributed by atoms with E-state index >= 15 is 0 Å². The number of hydrogen-bond donors (Lipinski definition) is 3. The maximum absolute atomic E-state index is 12.7. The van der Waals surface area contributed by atoms with Crippen LogP contribution in [0.25, 0.3) is 11.1 Å². The van der Waals surface area contributed by atoms with Gasteiger partial charge in [-0.1, -0.05) is 62.1 Å². The minimum Gasteiger partial charge on any atom is -0.338 e. The standard InChI is InChI=1S/C27H33N3O4/c31-18-30(34)16-25(14-19-4-1-2-5-19)27(33)29-17-28-26(32)24-7-3-6-23(15-24)22-12-10-21(11-13-22)20-8-9-20/h3,6-7,10-13,15,18-20,25,34H,1-2,4-5,8-9,14,16-17H2,(H,28,32)(H,29,33)/t25-/m1/s1. The monoisotopic (exact) mass is 463 g/mol. The number of rotatable bonds is 11. The highest BCUT2D eigenvalue weighted by atomic mass is 16.5. The lowest BCUT2D eigenvalue weighted by Gasteiger charge is -2.22. The van der Waals surface area contributed by atoms with E-state index in [1.807, 2.05) is 18.2 Å². The van der Waals surface area contributed by atoms with Crippen LogP contribution in [0.1, 0.15) is 66.8 Å². The molecule has 2 fully saturated rings. The lowest BCUT2D eigenvalue weighted by atomic mass is 9.92. The Bertz CT molecular complexity index is 997. The molecule has 7 nitrogen and oxygen atoms in total. The SMILES string of the molecule is O=CN(O)C[C@@H](CC1CCCC1)C(=O)NCNC(=O)c1cccc(-c2ccc(C3CC3)cc2)c1. The van der Waals surface area contributed by atoms with Gasteiger partial charge in [0.25, 0.3) is 5.91 Å². The molecule has 0 spiro atoms. The maximum Gasteiger partial charge on any atom is 0.252 e. The van der Waals surface area contributed by atoms with Crippen LogP contribution in [-0.2, 0) is 9.59 Å². The van der Waals surface area contributed by atoms with Gasteiger partial charge >= 0.3 is 0 Å². The van der Waals surface area contributed by atoms with E-state index in [1.165, 1.54) is 18.4 Å². The molecule has 0 aliphatic heterocycles. The summed E-state index contributed by atoms with van der Waals surface area (Å²) in [6, 6.07) is 15.9. The molecule has 3 N–H and O–H groups in total. The van der Waals surface area contributed by atoms with Crippen molar-refractivity contribution in [2.45, 2.75) is 50.9 Å². The topological polar surface area (TPSA) is 98.7 Å². The molecule has 180 valence electrons. The van der Waals surface area contributed by atoms with Crippen molar-refractivity contribution in [1.29, 1.82) is 0 Å². The van der Waals surface area contributed by atoms with Crippen LogP contribution in [0.3, 0.4) is 0 Å². The highest BCUT2D eigenvalue weighted by Gasteiger charge is 2.27. The number of carbonyl (C=O) groups is 3. The highest BCUT2D eigenvalue weighted by Crippen LogP contribution is 2.40. The summed E-state index contributed by atoms with van der Waals surface area (Å²) in [4.78, 5) is 36.2. The Morgan fingerprint density at radius 2 is 1.74 bits per heavy atom. The van der Waals surface area contributed by atoms with Gasteiger partial charge in [0.15, 0.2) is 0 Å². The number of amides is 3. The van der Waals surface area contributed by atoms with Crippen LogP contribution in [0.2, 0.25) is 0 Å². The van der Waals surface area contributed by atoms with Crippen molar-refractivity contribution in [3.05, 3.63) is 59.7 Å². The van der Waals surface area contributed by atoms with Gasteiger partial charge < -0.3 is 10.6 Å². The molecular weight excluding hydrogens is 430 g/mol. The van der Waals surface area contributed by atoms with Crippen LogP contribution in [0.15, 0.2) is 48.5 Å². The number of nitrogens with one attached hydrogen (secondary N) is 2. The van der Waals surface area contributed by atoms with Crippen molar-refractivity contribution in [3.63, 3.8) is 0 Å². The molecule has 7 heteroatoms. The first-order valence-electron chi connectivity index (χ1n) is 12.2. The number of carbonyl (C=O) groups excluding carboxylic acids is 3. The number of benzene rings is 2. The fourth-order valence-corrected chi connectivity index (χ4v) is 4.84. The molecule has 0 unspecified atom stereocenters. The van der Waals surface area contributed by atoms with E-state index in [-0.39, 0.29) is 25.0 Å². The van der Waals surface area contributed by atoms with Crippen LogP contribution in [0.4, 0.5) is 0 Å². The van der Waals surface area contributed by atoms with Gasteiger partial charge in [0.05, 0.1) is 19.1 Å². The van der Waals surface area contributed by atoms with Crippen LogP contribution < -0.4 is 10.6 Å². The highest BCUT2D eigenvalue weighted by molar-refractivity contribution is 5.95. The molecule has 2 aromatic carbocycles. The van der Waals surface area contributed by atoms with Crippen molar-refractivity contribution < 1.29 is 19.6 Å². The Morgan fingerprint density at radius 1 is 1.00 bits per heavy atom. The third-order valence-corrected chi connectivity index (χ3v) is 6.92. The Kier molecular flexibility index (Phi) is 7.95. The van der Waals surface area contributed by atoms with Gasteiger partial charge in [0.1, 0.15) is 0 Å². The molecule has 2 aliphatic rings. The fourth-order valence-electron chi connectivity index (χ4n) is 4.84. The Labute approximate surface area is 200 Å². The third-order valence-electron chi connectivity index (χ3n) is 6.92. The number of hydroxylamine groups is 2. The first kappa shape index (κ1) is 24.0. The number of hydrogen-bond acceptors (Lipinski definition) is 4. The molecule has 2 aliphatic carbocycles. The van der Waals surface area contributed by atoms with E-state index in [0.29, 0.717) is 35.3 Å². The van der Waals surface area contributed by atoms with E-state index in [1.54, 1.807) is 6.07 Å². The van der Waals surface area contributed by atoms with Crippen molar-refractivity contribution >= 4 is 18.2 Å². The van der Waals surface area contributed by atoms with Gasteiger partial charge in [0, 0.05) is 5.56 Å². The molecule has 4 rings (SSSR count). The molecule has 3 amide bonds. The van der Waals surface area contributed by atoms with Crippen molar-refractivity contribution in [2.75, 3.05) is 13.2 Å². The average molecular weight is 464 g/mol. The number of nitrogens with zero attached hydrogens (tertiary/aromatic N) is 1. The molecule has 2 aromatic rings. The second-order valence-electron chi connectivity index (χ2n) is 9.51. The van der Waals surface area contributed by atoms with Gasteiger partial charge in [0.2, 0.25) is 12.3 Å². The molecule has 0 heterocycles. The molecule has 1 atom stereocenters. The summed E-state index contributed by atoms with van der Waals surface area (Å²) in [7, 11) is 0. The van der Waals surface area contributed by atoms with Gasteiger partial charge in [-0.15, -0.1) is 0 Å². The molecule has 34 heavy (non-hydrogen) atoms. The zero-order chi connectivity index (χ0) is 23.9. The molecule has 0 radical (unpaired) electrons. The fraction of sp³-hybridized carbons (Fsp3) is 0.444. The summed E-state index contributed by atoms with van der Waals surface area (Å²) in [6.07, 6.45) is 7.88. The summed E-state index contributed by atoms with van der Waals surface area (Å²) in [6.45, 7) is -0.0764. The first-order valence-corrected chi connectivity index (χ1v) is 12.2. The Morgan fingerprint density at radius 3 is 2.41 bits per heavy atom. The lowest BCUT2D eigenvalue weighted by molar-refractivity contribution is -0.155. The maximum atomic E-state index is 12.7.